The van der Waals surface area contributed by atoms with Crippen LogP contribution in [0, 0.1) is 0 Å². The van der Waals surface area contributed by atoms with Gasteiger partial charge in [-0.15, -0.1) is 5.10 Å². The number of nitrogens with one attached hydrogen (secondary N) is 1. The highest BCUT2D eigenvalue weighted by Gasteiger charge is 2.23. The van der Waals surface area contributed by atoms with Crippen molar-refractivity contribution in [1.29, 1.82) is 0 Å². The van der Waals surface area contributed by atoms with Crippen molar-refractivity contribution >= 4 is 34.2 Å². The largest absolute Gasteiger partial charge is 0.507 e. The fourth-order valence-electron chi connectivity index (χ4n) is 5.10. The number of furan rings is 1. The maximum atomic E-state index is 12.8. The van der Waals surface area contributed by atoms with E-state index in [9.17, 15) is 19.8 Å². The van der Waals surface area contributed by atoms with Crippen LogP contribution in [0.15, 0.2) is 77.3 Å². The predicted molar refractivity (Wildman–Crippen MR) is 150 cm³/mol. The summed E-state index contributed by atoms with van der Waals surface area (Å²) in [5, 5.41) is 31.5. The van der Waals surface area contributed by atoms with Crippen molar-refractivity contribution in [3.8, 4) is 28.3 Å². The van der Waals surface area contributed by atoms with Crippen molar-refractivity contribution in [3.63, 3.8) is 0 Å². The molecule has 0 bridgehead atoms. The summed E-state index contributed by atoms with van der Waals surface area (Å²) in [5.41, 5.74) is 3.55. The number of carbonyl (C=O) groups excluding carboxylic acids is 1. The van der Waals surface area contributed by atoms with Crippen molar-refractivity contribution in [1.82, 2.24) is 15.0 Å². The van der Waals surface area contributed by atoms with Crippen LogP contribution in [0.4, 0.5) is 11.4 Å². The number of fused-ring (bicyclic) bond motifs is 1. The molecule has 202 valence electrons. The molecule has 1 amide bonds. The van der Waals surface area contributed by atoms with Crippen molar-refractivity contribution in [2.45, 2.75) is 25.8 Å². The van der Waals surface area contributed by atoms with Gasteiger partial charge in [0, 0.05) is 41.5 Å². The molecule has 0 spiro atoms. The van der Waals surface area contributed by atoms with Crippen molar-refractivity contribution in [2.75, 3.05) is 23.3 Å². The fraction of sp³-hybridized carbons (Fsp3) is 0.200. The number of hydrogen-bond acceptors (Lipinski definition) is 7. The number of carboxylic acid groups (broad SMARTS) is 1. The monoisotopic (exact) mass is 537 g/mol. The second-order valence-electron chi connectivity index (χ2n) is 9.79. The van der Waals surface area contributed by atoms with Crippen molar-refractivity contribution in [2.24, 2.45) is 0 Å². The molecule has 2 aromatic heterocycles. The SMILES string of the molecule is O=C(Cn1cc(-c2c(-c3ccccc3)oc3cc(O)c(C(=O)O)cc23)nn1)Nc1ccc(N2CCCCC2)cc1. The van der Waals surface area contributed by atoms with Crippen molar-refractivity contribution in [3.05, 3.63) is 78.5 Å². The van der Waals surface area contributed by atoms with Crippen LogP contribution in [0.1, 0.15) is 29.6 Å². The van der Waals surface area contributed by atoms with Crippen molar-refractivity contribution < 1.29 is 24.2 Å². The van der Waals surface area contributed by atoms with Gasteiger partial charge in [-0.2, -0.15) is 0 Å². The number of phenols is 1. The molecule has 3 aromatic carbocycles. The molecule has 10 nitrogen and oxygen atoms in total. The zero-order valence-corrected chi connectivity index (χ0v) is 21.6. The van der Waals surface area contributed by atoms with Gasteiger partial charge in [0.1, 0.15) is 34.9 Å². The third-order valence-corrected chi connectivity index (χ3v) is 7.05. The first-order chi connectivity index (χ1) is 19.5. The van der Waals surface area contributed by atoms with Gasteiger partial charge in [0.25, 0.3) is 0 Å². The Kier molecular flexibility index (Phi) is 6.65. The number of rotatable bonds is 7. The first kappa shape index (κ1) is 25.2. The summed E-state index contributed by atoms with van der Waals surface area (Å²) >= 11 is 0. The Balaban J connectivity index is 1.26. The van der Waals surface area contributed by atoms with E-state index >= 15 is 0 Å². The van der Waals surface area contributed by atoms with Gasteiger partial charge in [-0.3, -0.25) is 4.79 Å². The highest BCUT2D eigenvalue weighted by molar-refractivity contribution is 6.05. The van der Waals surface area contributed by atoms with Crippen LogP contribution in [0.5, 0.6) is 5.75 Å². The number of hydrogen-bond donors (Lipinski definition) is 3. The summed E-state index contributed by atoms with van der Waals surface area (Å²) in [6.07, 6.45) is 5.28. The maximum Gasteiger partial charge on any atom is 0.339 e. The van der Waals surface area contributed by atoms with E-state index in [1.54, 1.807) is 6.20 Å². The molecule has 1 aliphatic heterocycles. The van der Waals surface area contributed by atoms with E-state index in [1.807, 2.05) is 54.6 Å². The minimum Gasteiger partial charge on any atom is -0.507 e. The smallest absolute Gasteiger partial charge is 0.339 e. The molecule has 0 unspecified atom stereocenters. The Bertz CT molecular complexity index is 1690. The molecule has 3 N–H and O–H groups in total. The Morgan fingerprint density at radius 2 is 1.73 bits per heavy atom. The first-order valence-electron chi connectivity index (χ1n) is 13.1. The summed E-state index contributed by atoms with van der Waals surface area (Å²) in [4.78, 5) is 26.9. The average Bonchev–Trinajstić information content (AvgIpc) is 3.57. The lowest BCUT2D eigenvalue weighted by Gasteiger charge is -2.28. The Hall–Kier alpha value is -5.12. The molecule has 5 aromatic rings. The molecule has 40 heavy (non-hydrogen) atoms. The summed E-state index contributed by atoms with van der Waals surface area (Å²) in [6, 6.07) is 19.8. The lowest BCUT2D eigenvalue weighted by atomic mass is 10.0. The quantitative estimate of drug-likeness (QED) is 0.252. The Morgan fingerprint density at radius 3 is 2.45 bits per heavy atom. The van der Waals surface area contributed by atoms with Gasteiger partial charge in [-0.05, 0) is 49.6 Å². The fourth-order valence-corrected chi connectivity index (χ4v) is 5.10. The van der Waals surface area contributed by atoms with Crippen LogP contribution in [0.3, 0.4) is 0 Å². The van der Waals surface area contributed by atoms with E-state index in [2.05, 4.69) is 20.5 Å². The third-order valence-electron chi connectivity index (χ3n) is 7.05. The number of benzene rings is 3. The molecule has 3 heterocycles. The van der Waals surface area contributed by atoms with Crippen LogP contribution in [-0.2, 0) is 11.3 Å². The lowest BCUT2D eigenvalue weighted by Crippen LogP contribution is -2.29. The summed E-state index contributed by atoms with van der Waals surface area (Å²) in [6.45, 7) is 2.03. The predicted octanol–water partition coefficient (Wildman–Crippen LogP) is 5.39. The molecule has 0 radical (unpaired) electrons. The second kappa shape index (κ2) is 10.6. The molecular weight excluding hydrogens is 510 g/mol. The zero-order valence-electron chi connectivity index (χ0n) is 21.6. The normalized spacial score (nSPS) is 13.4. The van der Waals surface area contributed by atoms with Crippen LogP contribution < -0.4 is 10.2 Å². The highest BCUT2D eigenvalue weighted by atomic mass is 16.4. The number of aromatic carboxylic acids is 1. The van der Waals surface area contributed by atoms with Crippen LogP contribution in [0.25, 0.3) is 33.6 Å². The molecule has 1 saturated heterocycles. The Morgan fingerprint density at radius 1 is 0.975 bits per heavy atom. The molecule has 10 heteroatoms. The molecule has 0 atom stereocenters. The molecule has 1 fully saturated rings. The Labute approximate surface area is 229 Å². The van der Waals surface area contributed by atoms with Gasteiger partial charge >= 0.3 is 5.97 Å². The first-order valence-corrected chi connectivity index (χ1v) is 13.1. The molecule has 1 aliphatic rings. The molecule has 6 rings (SSSR count). The number of amides is 1. The standard InChI is InChI=1S/C30H27N5O5/c36-25-16-26-23(15-22(25)30(38)39)28(29(40-26)19-7-3-1-4-8-19)24-17-35(33-32-24)18-27(37)31-20-9-11-21(12-10-20)34-13-5-2-6-14-34/h1,3-4,7-12,15-17,36H,2,5-6,13-14,18H2,(H,31,37)(H,38,39). The van der Waals surface area contributed by atoms with E-state index in [0.29, 0.717) is 33.7 Å². The number of piperidine rings is 1. The van der Waals surface area contributed by atoms with Gasteiger partial charge in [-0.1, -0.05) is 35.5 Å². The number of aromatic hydroxyl groups is 1. The number of carboxylic acids is 1. The van der Waals surface area contributed by atoms with Gasteiger partial charge in [0.15, 0.2) is 0 Å². The second-order valence-corrected chi connectivity index (χ2v) is 9.79. The topological polar surface area (TPSA) is 134 Å². The van der Waals surface area contributed by atoms with Gasteiger partial charge in [-0.25, -0.2) is 9.48 Å². The van der Waals surface area contributed by atoms with E-state index in [-0.39, 0.29) is 18.0 Å². The van der Waals surface area contributed by atoms with Crippen LogP contribution in [-0.4, -0.2) is 50.2 Å². The number of aromatic nitrogens is 3. The molecular formula is C30H27N5O5. The van der Waals surface area contributed by atoms with E-state index in [4.69, 9.17) is 4.42 Å². The third kappa shape index (κ3) is 4.98. The van der Waals surface area contributed by atoms with Crippen LogP contribution in [0.2, 0.25) is 0 Å². The van der Waals surface area contributed by atoms with E-state index in [1.165, 1.54) is 36.1 Å². The van der Waals surface area contributed by atoms with Gasteiger partial charge in [0.05, 0.1) is 11.8 Å². The molecule has 0 saturated carbocycles. The van der Waals surface area contributed by atoms with Gasteiger partial charge < -0.3 is 24.8 Å². The summed E-state index contributed by atoms with van der Waals surface area (Å²) < 4.78 is 7.48. The van der Waals surface area contributed by atoms with Gasteiger partial charge in [0.2, 0.25) is 5.91 Å². The van der Waals surface area contributed by atoms with E-state index in [0.717, 1.165) is 24.3 Å². The number of nitrogens with zero attached hydrogens (tertiary/aromatic N) is 4. The average molecular weight is 538 g/mol. The highest BCUT2D eigenvalue weighted by Crippen LogP contribution is 2.42. The minimum absolute atomic E-state index is 0.0709. The van der Waals surface area contributed by atoms with Crippen LogP contribution >= 0.6 is 0 Å². The summed E-state index contributed by atoms with van der Waals surface area (Å²) in [5.74, 6) is -1.48. The maximum absolute atomic E-state index is 12.8. The minimum atomic E-state index is -1.27. The number of anilines is 2. The summed E-state index contributed by atoms with van der Waals surface area (Å²) in [7, 11) is 0. The molecule has 0 aliphatic carbocycles. The lowest BCUT2D eigenvalue weighted by molar-refractivity contribution is -0.116. The van der Waals surface area contributed by atoms with E-state index < -0.39 is 11.7 Å². The number of carbonyl (C=O) groups is 2. The zero-order chi connectivity index (χ0) is 27.6.